The number of benzene rings is 1. The third kappa shape index (κ3) is 5.58. The van der Waals surface area contributed by atoms with Gasteiger partial charge in [-0.05, 0) is 50.3 Å². The summed E-state index contributed by atoms with van der Waals surface area (Å²) in [6.07, 6.45) is 6.44. The first-order valence-corrected chi connectivity index (χ1v) is 14.4. The van der Waals surface area contributed by atoms with Gasteiger partial charge in [-0.3, -0.25) is 9.78 Å². The van der Waals surface area contributed by atoms with Gasteiger partial charge in [0, 0.05) is 31.4 Å². The highest BCUT2D eigenvalue weighted by atomic mass is 32.2. The fraction of sp³-hybridized carbons (Fsp3) is 0.444. The van der Waals surface area contributed by atoms with Crippen molar-refractivity contribution >= 4 is 15.6 Å². The van der Waals surface area contributed by atoms with E-state index in [-0.39, 0.29) is 34.6 Å². The Labute approximate surface area is 220 Å². The van der Waals surface area contributed by atoms with Crippen LogP contribution >= 0.6 is 0 Å². The molecular weight excluding hydrogens is 511 g/mol. The van der Waals surface area contributed by atoms with Crippen molar-refractivity contribution in [2.24, 2.45) is 0 Å². The Bertz CT molecular complexity index is 1440. The number of rotatable bonds is 10. The number of carbonyl (C=O) groups excluding carboxylic acids is 1. The summed E-state index contributed by atoms with van der Waals surface area (Å²) in [5.41, 5.74) is 0.682. The van der Waals surface area contributed by atoms with Gasteiger partial charge < -0.3 is 9.47 Å². The summed E-state index contributed by atoms with van der Waals surface area (Å²) in [5.74, 6) is -0.449. The predicted molar refractivity (Wildman–Crippen MR) is 137 cm³/mol. The summed E-state index contributed by atoms with van der Waals surface area (Å²) >= 11 is 0. The van der Waals surface area contributed by atoms with E-state index in [0.717, 1.165) is 0 Å². The highest BCUT2D eigenvalue weighted by molar-refractivity contribution is 7.91. The molecule has 3 heterocycles. The van der Waals surface area contributed by atoms with Gasteiger partial charge in [-0.25, -0.2) is 27.8 Å². The number of hydrogen-bond acceptors (Lipinski definition) is 9. The summed E-state index contributed by atoms with van der Waals surface area (Å²) in [5, 5.41) is -0.327. The zero-order valence-corrected chi connectivity index (χ0v) is 21.9. The Morgan fingerprint density at radius 3 is 2.66 bits per heavy atom. The molecule has 2 aliphatic rings. The molecule has 9 nitrogen and oxygen atoms in total. The van der Waals surface area contributed by atoms with Crippen molar-refractivity contribution in [3.05, 3.63) is 65.8 Å². The first kappa shape index (κ1) is 26.3. The smallest absolute Gasteiger partial charge is 0.232 e. The van der Waals surface area contributed by atoms with Crippen molar-refractivity contribution in [2.45, 2.75) is 55.4 Å². The average molecular weight is 541 g/mol. The molecule has 200 valence electrons. The fourth-order valence-electron chi connectivity index (χ4n) is 4.75. The molecule has 1 saturated heterocycles. The number of ketones is 1. The third-order valence-corrected chi connectivity index (χ3v) is 9.19. The Balaban J connectivity index is 1.40. The number of nitrogens with zero attached hydrogens (tertiary/aromatic N) is 4. The van der Waals surface area contributed by atoms with E-state index in [9.17, 15) is 13.2 Å². The average Bonchev–Trinajstić information content (AvgIpc) is 3.77. The van der Waals surface area contributed by atoms with E-state index in [1.807, 2.05) is 6.92 Å². The van der Waals surface area contributed by atoms with E-state index in [1.165, 1.54) is 24.7 Å². The molecule has 0 amide bonds. The van der Waals surface area contributed by atoms with E-state index in [4.69, 9.17) is 9.47 Å². The molecule has 1 saturated carbocycles. The van der Waals surface area contributed by atoms with E-state index >= 15 is 4.39 Å². The lowest BCUT2D eigenvalue weighted by Gasteiger charge is -2.35. The molecule has 11 heteroatoms. The summed E-state index contributed by atoms with van der Waals surface area (Å²) in [7, 11) is -3.32. The molecule has 0 spiro atoms. The topological polar surface area (TPSA) is 121 Å². The van der Waals surface area contributed by atoms with Crippen LogP contribution in [0.4, 0.5) is 4.39 Å². The van der Waals surface area contributed by atoms with Gasteiger partial charge in [0.25, 0.3) is 0 Å². The number of Topliss-reactive ketones (excluding diaryl/α,β-unsaturated/α-hetero) is 1. The first-order valence-electron chi connectivity index (χ1n) is 12.7. The van der Waals surface area contributed by atoms with Gasteiger partial charge in [-0.2, -0.15) is 0 Å². The van der Waals surface area contributed by atoms with Gasteiger partial charge >= 0.3 is 0 Å². The molecule has 0 unspecified atom stereocenters. The van der Waals surface area contributed by atoms with E-state index in [0.29, 0.717) is 68.3 Å². The molecule has 2 aromatic heterocycles. The van der Waals surface area contributed by atoms with E-state index < -0.39 is 21.1 Å². The van der Waals surface area contributed by atoms with Gasteiger partial charge in [0.05, 0.1) is 41.1 Å². The van der Waals surface area contributed by atoms with Crippen LogP contribution in [-0.2, 0) is 37.0 Å². The van der Waals surface area contributed by atoms with Crippen LogP contribution in [0, 0.1) is 5.82 Å². The number of sulfone groups is 1. The SMILES string of the molecule is CCOc1cncc(-c2ccc(CC(=O)C3(c4ccnc(CS(=O)(=O)C5CC5)n4)CCOCC3)c(F)c2)n1. The molecule has 5 rings (SSSR count). The molecule has 1 aliphatic heterocycles. The first-order chi connectivity index (χ1) is 18.3. The van der Waals surface area contributed by atoms with E-state index in [2.05, 4.69) is 19.9 Å². The number of carbonyl (C=O) groups is 1. The second kappa shape index (κ2) is 10.8. The molecular formula is C27H29FN4O5S. The molecule has 0 atom stereocenters. The predicted octanol–water partition coefficient (Wildman–Crippen LogP) is 3.41. The lowest BCUT2D eigenvalue weighted by Crippen LogP contribution is -2.43. The van der Waals surface area contributed by atoms with Crippen molar-refractivity contribution in [1.29, 1.82) is 0 Å². The molecule has 0 N–H and O–H groups in total. The lowest BCUT2D eigenvalue weighted by atomic mass is 9.72. The standard InChI is InChI=1S/C27H29FN4O5S/c1-2-37-26-16-29-15-22(31-26)19-4-3-18(21(28)13-19)14-24(33)27(8-11-36-12-9-27)23-7-10-30-25(32-23)17-38(34,35)20-5-6-20/h3-4,7,10,13,15-16,20H,2,5-6,8-9,11-12,14,17H2,1H3. The van der Waals surface area contributed by atoms with Crippen LogP contribution in [0.2, 0.25) is 0 Å². The van der Waals surface area contributed by atoms with Gasteiger partial charge in [0.2, 0.25) is 5.88 Å². The lowest BCUT2D eigenvalue weighted by molar-refractivity contribution is -0.127. The molecule has 38 heavy (non-hydrogen) atoms. The number of halogens is 1. The second-order valence-corrected chi connectivity index (χ2v) is 11.9. The van der Waals surface area contributed by atoms with Crippen LogP contribution < -0.4 is 4.74 Å². The summed E-state index contributed by atoms with van der Waals surface area (Å²) < 4.78 is 51.1. The number of hydrogen-bond donors (Lipinski definition) is 0. The van der Waals surface area contributed by atoms with Crippen LogP contribution in [0.25, 0.3) is 11.3 Å². The van der Waals surface area contributed by atoms with Crippen LogP contribution in [0.15, 0.2) is 42.9 Å². The monoisotopic (exact) mass is 540 g/mol. The highest BCUT2D eigenvalue weighted by Gasteiger charge is 2.43. The number of aromatic nitrogens is 4. The van der Waals surface area contributed by atoms with Crippen LogP contribution in [0.1, 0.15) is 49.7 Å². The zero-order chi connectivity index (χ0) is 26.8. The van der Waals surface area contributed by atoms with Gasteiger partial charge in [-0.1, -0.05) is 12.1 Å². The summed E-state index contributed by atoms with van der Waals surface area (Å²) in [4.78, 5) is 30.9. The van der Waals surface area contributed by atoms with Crippen molar-refractivity contribution in [1.82, 2.24) is 19.9 Å². The van der Waals surface area contributed by atoms with Gasteiger partial charge in [0.15, 0.2) is 9.84 Å². The molecule has 1 aromatic carbocycles. The van der Waals surface area contributed by atoms with E-state index in [1.54, 1.807) is 18.2 Å². The van der Waals surface area contributed by atoms with Crippen LogP contribution in [-0.4, -0.2) is 59.2 Å². The maximum absolute atomic E-state index is 15.2. The Morgan fingerprint density at radius 1 is 1.16 bits per heavy atom. The minimum atomic E-state index is -3.32. The summed E-state index contributed by atoms with van der Waals surface area (Å²) in [6.45, 7) is 2.97. The third-order valence-electron chi connectivity index (χ3n) is 7.04. The fourth-order valence-corrected chi connectivity index (χ4v) is 6.34. The van der Waals surface area contributed by atoms with Crippen molar-refractivity contribution in [3.8, 4) is 17.1 Å². The Kier molecular flexibility index (Phi) is 7.49. The summed E-state index contributed by atoms with van der Waals surface area (Å²) in [6, 6.07) is 6.27. The molecule has 1 aliphatic carbocycles. The Morgan fingerprint density at radius 2 is 1.95 bits per heavy atom. The van der Waals surface area contributed by atoms with Crippen LogP contribution in [0.3, 0.4) is 0 Å². The molecule has 3 aromatic rings. The maximum Gasteiger partial charge on any atom is 0.232 e. The molecule has 2 fully saturated rings. The van der Waals surface area contributed by atoms with Crippen molar-refractivity contribution in [3.63, 3.8) is 0 Å². The van der Waals surface area contributed by atoms with Gasteiger partial charge in [-0.15, -0.1) is 0 Å². The van der Waals surface area contributed by atoms with Gasteiger partial charge in [0.1, 0.15) is 23.2 Å². The second-order valence-electron chi connectivity index (χ2n) is 9.64. The number of ether oxygens (including phenoxy) is 2. The zero-order valence-electron chi connectivity index (χ0n) is 21.1. The minimum Gasteiger partial charge on any atom is -0.477 e. The van der Waals surface area contributed by atoms with Crippen molar-refractivity contribution < 1.29 is 27.1 Å². The minimum absolute atomic E-state index is 0.142. The largest absolute Gasteiger partial charge is 0.477 e. The molecule has 0 radical (unpaired) electrons. The highest BCUT2D eigenvalue weighted by Crippen LogP contribution is 2.37. The Hall–Kier alpha value is -3.31. The van der Waals surface area contributed by atoms with Crippen LogP contribution in [0.5, 0.6) is 5.88 Å². The quantitative estimate of drug-likeness (QED) is 0.381. The normalized spacial score (nSPS) is 17.2. The molecule has 0 bridgehead atoms. The maximum atomic E-state index is 15.2. The van der Waals surface area contributed by atoms with Crippen molar-refractivity contribution in [2.75, 3.05) is 19.8 Å².